The van der Waals surface area contributed by atoms with Crippen LogP contribution in [0.4, 0.5) is 0 Å². The Bertz CT molecular complexity index is 54.9. The minimum absolute atomic E-state index is 0.786. The Morgan fingerprint density at radius 2 is 2.57 bits per heavy atom. The predicted molar refractivity (Wildman–Crippen MR) is 29.8 cm³/mol. The highest BCUT2D eigenvalue weighted by molar-refractivity contribution is 7.35. The van der Waals surface area contributed by atoms with Crippen LogP contribution in [0.25, 0.3) is 0 Å². The van der Waals surface area contributed by atoms with Crippen LogP contribution in [0.3, 0.4) is 0 Å². The number of hydrogen-bond donors (Lipinski definition) is 1. The van der Waals surface area contributed by atoms with Gasteiger partial charge in [0.25, 0.3) is 0 Å². The van der Waals surface area contributed by atoms with E-state index in [0.717, 1.165) is 15.3 Å². The van der Waals surface area contributed by atoms with Gasteiger partial charge in [-0.3, -0.25) is 0 Å². The van der Waals surface area contributed by atoms with Crippen LogP contribution < -0.4 is 5.90 Å². The number of rotatable bonds is 1. The van der Waals surface area contributed by atoms with Crippen molar-refractivity contribution in [2.75, 3.05) is 12.7 Å². The van der Waals surface area contributed by atoms with E-state index in [1.54, 1.807) is 4.83 Å². The van der Waals surface area contributed by atoms with Gasteiger partial charge >= 0.3 is 0 Å². The van der Waals surface area contributed by atoms with E-state index in [-0.39, 0.29) is 0 Å². The molecule has 0 bridgehead atoms. The lowest BCUT2D eigenvalue weighted by Gasteiger charge is -2.06. The molecule has 42 valence electrons. The summed E-state index contributed by atoms with van der Waals surface area (Å²) in [6.45, 7) is 1.01. The maximum absolute atomic E-state index is 4.87. The minimum Gasteiger partial charge on any atom is -0.211 e. The van der Waals surface area contributed by atoms with Crippen molar-refractivity contribution in [3.8, 4) is 0 Å². The summed E-state index contributed by atoms with van der Waals surface area (Å²) in [6.07, 6.45) is 2.48. The average molecular weight is 120 g/mol. The lowest BCUT2D eigenvalue weighted by Crippen LogP contribution is -2.15. The molecule has 1 aliphatic heterocycles. The van der Waals surface area contributed by atoms with E-state index in [4.69, 9.17) is 5.90 Å². The van der Waals surface area contributed by atoms with Crippen molar-refractivity contribution in [1.29, 1.82) is 0 Å². The molecule has 0 aromatic rings. The zero-order valence-electron chi connectivity index (χ0n) is 4.05. The van der Waals surface area contributed by atoms with Gasteiger partial charge in [0.1, 0.15) is 0 Å². The van der Waals surface area contributed by atoms with Crippen molar-refractivity contribution in [2.45, 2.75) is 6.42 Å². The van der Waals surface area contributed by atoms with Gasteiger partial charge in [-0.1, -0.05) is 0 Å². The van der Waals surface area contributed by atoms with Gasteiger partial charge in [0.05, 0.1) is 0 Å². The minimum atomic E-state index is 0.786. The van der Waals surface area contributed by atoms with Crippen LogP contribution in [0.15, 0.2) is 0 Å². The zero-order valence-corrected chi connectivity index (χ0v) is 5.05. The first-order valence-corrected chi connectivity index (χ1v) is 3.47. The molecule has 1 fully saturated rings. The molecule has 0 aromatic carbocycles. The standard InChI is InChI=1S/C3H9N2OP/c4-6-5-2-1-3-7-5/h7H,1-4H2. The summed E-state index contributed by atoms with van der Waals surface area (Å²) in [5.41, 5.74) is 0. The van der Waals surface area contributed by atoms with Crippen molar-refractivity contribution in [3.05, 3.63) is 0 Å². The number of hydrogen-bond acceptors (Lipinski definition) is 3. The highest BCUT2D eigenvalue weighted by atomic mass is 31.1. The second-order valence-corrected chi connectivity index (χ2v) is 2.78. The van der Waals surface area contributed by atoms with Crippen LogP contribution in [-0.4, -0.2) is 17.5 Å². The molecule has 2 N–H and O–H groups in total. The molecular weight excluding hydrogens is 111 g/mol. The monoisotopic (exact) mass is 120 g/mol. The molecule has 0 radical (unpaired) electrons. The Morgan fingerprint density at radius 3 is 2.86 bits per heavy atom. The van der Waals surface area contributed by atoms with Crippen molar-refractivity contribution >= 4 is 8.73 Å². The molecule has 7 heavy (non-hydrogen) atoms. The van der Waals surface area contributed by atoms with Crippen molar-refractivity contribution < 1.29 is 4.94 Å². The lowest BCUT2D eigenvalue weighted by atomic mass is 10.5. The largest absolute Gasteiger partial charge is 0.211 e. The van der Waals surface area contributed by atoms with Gasteiger partial charge in [0.15, 0.2) is 0 Å². The Balaban J connectivity index is 2.14. The summed E-state index contributed by atoms with van der Waals surface area (Å²) in [5.74, 6) is 4.87. The zero-order chi connectivity index (χ0) is 5.11. The maximum atomic E-state index is 4.87. The molecule has 0 aromatic heterocycles. The normalized spacial score (nSPS) is 27.0. The maximum Gasteiger partial charge on any atom is 0.0301 e. The second-order valence-electron chi connectivity index (χ2n) is 1.47. The summed E-state index contributed by atoms with van der Waals surface area (Å²) < 4.78 is 0. The highest BCUT2D eigenvalue weighted by Crippen LogP contribution is 2.24. The van der Waals surface area contributed by atoms with Gasteiger partial charge in [-0.25, -0.2) is 4.94 Å². The Morgan fingerprint density at radius 1 is 1.71 bits per heavy atom. The first-order valence-electron chi connectivity index (χ1n) is 2.31. The van der Waals surface area contributed by atoms with E-state index in [0.29, 0.717) is 0 Å². The molecule has 0 aliphatic carbocycles. The van der Waals surface area contributed by atoms with Gasteiger partial charge in [-0.05, 0) is 21.3 Å². The quantitative estimate of drug-likeness (QED) is 0.393. The Labute approximate surface area is 44.6 Å². The van der Waals surface area contributed by atoms with Gasteiger partial charge in [-0.15, -0.1) is 0 Å². The smallest absolute Gasteiger partial charge is 0.0301 e. The second kappa shape index (κ2) is 2.58. The third-order valence-electron chi connectivity index (χ3n) is 0.953. The van der Waals surface area contributed by atoms with E-state index in [9.17, 15) is 0 Å². The fourth-order valence-corrected chi connectivity index (χ4v) is 1.55. The predicted octanol–water partition coefficient (Wildman–Crippen LogP) is 0.0909. The first-order chi connectivity index (χ1) is 3.43. The summed E-state index contributed by atoms with van der Waals surface area (Å²) in [6, 6.07) is 0. The van der Waals surface area contributed by atoms with E-state index in [1.807, 2.05) is 0 Å². The van der Waals surface area contributed by atoms with Gasteiger partial charge in [0.2, 0.25) is 0 Å². The molecule has 1 rings (SSSR count). The molecule has 1 aliphatic rings. The van der Waals surface area contributed by atoms with Crippen LogP contribution in [-0.2, 0) is 4.94 Å². The van der Waals surface area contributed by atoms with E-state index in [2.05, 4.69) is 4.94 Å². The third-order valence-corrected chi connectivity index (χ3v) is 2.21. The van der Waals surface area contributed by atoms with Crippen molar-refractivity contribution in [1.82, 2.24) is 4.83 Å². The molecule has 0 saturated carbocycles. The van der Waals surface area contributed by atoms with Gasteiger partial charge in [0, 0.05) is 6.54 Å². The summed E-state index contributed by atoms with van der Waals surface area (Å²) in [7, 11) is 0.786. The van der Waals surface area contributed by atoms with Crippen LogP contribution in [0, 0.1) is 0 Å². The number of nitrogens with two attached hydrogens (primary N) is 1. The van der Waals surface area contributed by atoms with Gasteiger partial charge < -0.3 is 0 Å². The van der Waals surface area contributed by atoms with E-state index >= 15 is 0 Å². The molecule has 0 amide bonds. The molecule has 1 saturated heterocycles. The van der Waals surface area contributed by atoms with Crippen LogP contribution in [0.5, 0.6) is 0 Å². The van der Waals surface area contributed by atoms with E-state index < -0.39 is 0 Å². The van der Waals surface area contributed by atoms with Crippen molar-refractivity contribution in [3.63, 3.8) is 0 Å². The van der Waals surface area contributed by atoms with Crippen LogP contribution >= 0.6 is 8.73 Å². The Kier molecular flexibility index (Phi) is 2.00. The molecular formula is C3H9N2OP. The molecule has 1 heterocycles. The molecule has 1 atom stereocenters. The lowest BCUT2D eigenvalue weighted by molar-refractivity contribution is -0.0758. The number of hydroxylamine groups is 1. The van der Waals surface area contributed by atoms with Crippen molar-refractivity contribution in [2.24, 2.45) is 5.90 Å². The highest BCUT2D eigenvalue weighted by Gasteiger charge is 2.09. The SMILES string of the molecule is NON1CCCP1. The van der Waals surface area contributed by atoms with Gasteiger partial charge in [-0.2, -0.15) is 10.7 Å². The summed E-state index contributed by atoms with van der Waals surface area (Å²) in [4.78, 5) is 6.25. The molecule has 0 spiro atoms. The fraction of sp³-hybridized carbons (Fsp3) is 1.00. The third kappa shape index (κ3) is 1.35. The fourth-order valence-electron chi connectivity index (χ4n) is 0.595. The van der Waals surface area contributed by atoms with E-state index in [1.165, 1.54) is 12.6 Å². The van der Waals surface area contributed by atoms with Crippen LogP contribution in [0.2, 0.25) is 0 Å². The number of nitrogens with zero attached hydrogens (tertiary/aromatic N) is 1. The topological polar surface area (TPSA) is 38.5 Å². The molecule has 1 unspecified atom stereocenters. The molecule has 4 heteroatoms. The molecule has 3 nitrogen and oxygen atoms in total. The first kappa shape index (κ1) is 5.45. The van der Waals surface area contributed by atoms with Crippen LogP contribution in [0.1, 0.15) is 6.42 Å². The Hall–Kier alpha value is 0.310. The average Bonchev–Trinajstić information content (AvgIpc) is 2.14. The summed E-state index contributed by atoms with van der Waals surface area (Å²) in [5, 5.41) is 0. The summed E-state index contributed by atoms with van der Waals surface area (Å²) >= 11 is 0.